The fraction of sp³-hybridized carbons (Fsp3) is 0.333. The summed E-state index contributed by atoms with van der Waals surface area (Å²) in [5.41, 5.74) is 0.192. The summed E-state index contributed by atoms with van der Waals surface area (Å²) in [6.45, 7) is 5.47. The lowest BCUT2D eigenvalue weighted by atomic mass is 10.2. The van der Waals surface area contributed by atoms with Crippen molar-refractivity contribution in [2.45, 2.75) is 31.7 Å². The van der Waals surface area contributed by atoms with Gasteiger partial charge in [-0.05, 0) is 31.2 Å². The van der Waals surface area contributed by atoms with E-state index in [1.54, 1.807) is 13.8 Å². The lowest BCUT2D eigenvalue weighted by Gasteiger charge is -2.19. The normalized spacial score (nSPS) is 12.6. The second-order valence-electron chi connectivity index (χ2n) is 5.96. The van der Waals surface area contributed by atoms with Gasteiger partial charge >= 0.3 is 0 Å². The van der Waals surface area contributed by atoms with Gasteiger partial charge < -0.3 is 20.2 Å². The number of hydrogen-bond donors (Lipinski definition) is 3. The summed E-state index contributed by atoms with van der Waals surface area (Å²) in [4.78, 5) is 24.3. The molecule has 0 aliphatic carbocycles. The van der Waals surface area contributed by atoms with Crippen molar-refractivity contribution >= 4 is 27.5 Å². The summed E-state index contributed by atoms with van der Waals surface area (Å²) in [5.74, 6) is -1.41. The molecule has 1 atom stereocenters. The highest BCUT2D eigenvalue weighted by atomic mass is 32.2. The van der Waals surface area contributed by atoms with Gasteiger partial charge in [0, 0.05) is 13.1 Å². The number of phenolic OH excluding ortho intramolecular Hbond substituents is 1. The Hall–Kier alpha value is -2.85. The van der Waals surface area contributed by atoms with Crippen LogP contribution in [0.4, 0.5) is 5.69 Å². The highest BCUT2D eigenvalue weighted by Gasteiger charge is 2.24. The van der Waals surface area contributed by atoms with E-state index in [0.717, 1.165) is 0 Å². The summed E-state index contributed by atoms with van der Waals surface area (Å²) < 4.78 is 31.3. The van der Waals surface area contributed by atoms with E-state index in [0.29, 0.717) is 13.1 Å². The number of carbonyl (C=O) groups is 2. The van der Waals surface area contributed by atoms with E-state index in [4.69, 9.17) is 4.42 Å². The largest absolute Gasteiger partial charge is 0.506 e. The van der Waals surface area contributed by atoms with Crippen LogP contribution in [0.3, 0.4) is 0 Å². The van der Waals surface area contributed by atoms with Crippen molar-refractivity contribution in [3.63, 3.8) is 0 Å². The van der Waals surface area contributed by atoms with Crippen LogP contribution in [0.2, 0.25) is 0 Å². The first kappa shape index (κ1) is 21.5. The predicted octanol–water partition coefficient (Wildman–Crippen LogP) is 1.77. The van der Waals surface area contributed by atoms with E-state index >= 15 is 0 Å². The van der Waals surface area contributed by atoms with Crippen LogP contribution in [0.15, 0.2) is 46.1 Å². The van der Waals surface area contributed by atoms with E-state index in [9.17, 15) is 23.1 Å². The van der Waals surface area contributed by atoms with E-state index in [2.05, 4.69) is 10.6 Å². The van der Waals surface area contributed by atoms with Crippen molar-refractivity contribution in [3.8, 4) is 5.75 Å². The van der Waals surface area contributed by atoms with Crippen LogP contribution in [0.25, 0.3) is 0 Å². The van der Waals surface area contributed by atoms with Gasteiger partial charge in [-0.2, -0.15) is 4.31 Å². The summed E-state index contributed by atoms with van der Waals surface area (Å²) in [5, 5.41) is 14.9. The minimum absolute atomic E-state index is 0.0561. The van der Waals surface area contributed by atoms with Crippen LogP contribution in [-0.4, -0.2) is 48.8 Å². The molecule has 1 heterocycles. The third kappa shape index (κ3) is 4.70. The Kier molecular flexibility index (Phi) is 6.81. The maximum atomic E-state index is 12.6. The van der Waals surface area contributed by atoms with Gasteiger partial charge in [0.2, 0.25) is 15.9 Å². The Morgan fingerprint density at radius 2 is 1.89 bits per heavy atom. The first-order valence-corrected chi connectivity index (χ1v) is 10.1. The van der Waals surface area contributed by atoms with Crippen LogP contribution >= 0.6 is 0 Å². The average Bonchev–Trinajstić information content (AvgIpc) is 3.18. The molecule has 28 heavy (non-hydrogen) atoms. The highest BCUT2D eigenvalue weighted by Crippen LogP contribution is 2.28. The number of furan rings is 1. The zero-order chi connectivity index (χ0) is 20.9. The van der Waals surface area contributed by atoms with Crippen LogP contribution in [0.1, 0.15) is 31.1 Å². The summed E-state index contributed by atoms with van der Waals surface area (Å²) in [7, 11) is -3.75. The maximum Gasteiger partial charge on any atom is 0.255 e. The highest BCUT2D eigenvalue weighted by molar-refractivity contribution is 7.89. The van der Waals surface area contributed by atoms with E-state index in [-0.39, 0.29) is 21.9 Å². The molecule has 0 saturated heterocycles. The van der Waals surface area contributed by atoms with Crippen molar-refractivity contribution < 1.29 is 27.5 Å². The fourth-order valence-corrected chi connectivity index (χ4v) is 3.95. The molecule has 2 aromatic rings. The van der Waals surface area contributed by atoms with Crippen LogP contribution < -0.4 is 10.6 Å². The van der Waals surface area contributed by atoms with Gasteiger partial charge in [0.15, 0.2) is 0 Å². The number of rotatable bonds is 8. The number of nitrogens with zero attached hydrogens (tertiary/aromatic N) is 1. The first-order chi connectivity index (χ1) is 13.2. The quantitative estimate of drug-likeness (QED) is 0.570. The van der Waals surface area contributed by atoms with Gasteiger partial charge in [0.25, 0.3) is 5.91 Å². The van der Waals surface area contributed by atoms with Gasteiger partial charge in [0.1, 0.15) is 18.1 Å². The average molecular weight is 409 g/mol. The zero-order valence-corrected chi connectivity index (χ0v) is 16.6. The number of sulfonamides is 1. The Bertz CT molecular complexity index is 936. The number of phenols is 1. The Morgan fingerprint density at radius 3 is 2.46 bits per heavy atom. The maximum absolute atomic E-state index is 12.6. The molecule has 0 radical (unpaired) electrons. The second-order valence-corrected chi connectivity index (χ2v) is 7.90. The Balaban J connectivity index is 2.17. The van der Waals surface area contributed by atoms with Gasteiger partial charge in [-0.3, -0.25) is 9.59 Å². The molecule has 152 valence electrons. The molecule has 1 unspecified atom stereocenters. The topological polar surface area (TPSA) is 129 Å². The number of aromatic hydroxyl groups is 1. The van der Waals surface area contributed by atoms with Crippen molar-refractivity contribution in [2.24, 2.45) is 0 Å². The molecular formula is C18H23N3O6S. The molecule has 1 aromatic heterocycles. The van der Waals surface area contributed by atoms with Gasteiger partial charge in [-0.15, -0.1) is 0 Å². The van der Waals surface area contributed by atoms with Crippen LogP contribution in [0.5, 0.6) is 5.75 Å². The summed E-state index contributed by atoms with van der Waals surface area (Å²) >= 11 is 0. The number of carbonyl (C=O) groups excluding carboxylic acids is 2. The SMILES string of the molecule is CCN(CC)S(=O)(=O)c1ccc(O)c(NC(=O)C(C)NC(=O)c2ccoc2)c1. The van der Waals surface area contributed by atoms with Crippen LogP contribution in [-0.2, 0) is 14.8 Å². The minimum atomic E-state index is -3.75. The molecule has 2 amide bonds. The Labute approximate surface area is 163 Å². The van der Waals surface area contributed by atoms with Gasteiger partial charge in [-0.1, -0.05) is 13.8 Å². The molecule has 1 aromatic carbocycles. The van der Waals surface area contributed by atoms with Crippen LogP contribution in [0, 0.1) is 0 Å². The molecule has 0 bridgehead atoms. The molecule has 0 aliphatic rings. The molecule has 3 N–H and O–H groups in total. The number of amides is 2. The van der Waals surface area contributed by atoms with E-state index in [1.165, 1.54) is 48.0 Å². The minimum Gasteiger partial charge on any atom is -0.506 e. The van der Waals surface area contributed by atoms with Crippen molar-refractivity contribution in [2.75, 3.05) is 18.4 Å². The number of nitrogens with one attached hydrogen (secondary N) is 2. The second kappa shape index (κ2) is 8.89. The Morgan fingerprint density at radius 1 is 1.21 bits per heavy atom. The predicted molar refractivity (Wildman–Crippen MR) is 102 cm³/mol. The molecule has 0 saturated carbocycles. The third-order valence-electron chi connectivity index (χ3n) is 4.09. The molecule has 10 heteroatoms. The van der Waals surface area contributed by atoms with Crippen molar-refractivity contribution in [3.05, 3.63) is 42.4 Å². The first-order valence-electron chi connectivity index (χ1n) is 8.67. The van der Waals surface area contributed by atoms with E-state index < -0.39 is 27.9 Å². The smallest absolute Gasteiger partial charge is 0.255 e. The zero-order valence-electron chi connectivity index (χ0n) is 15.8. The molecule has 0 fully saturated rings. The van der Waals surface area contributed by atoms with E-state index in [1.807, 2.05) is 0 Å². The number of hydrogen-bond acceptors (Lipinski definition) is 6. The molecule has 0 aliphatic heterocycles. The number of benzene rings is 1. The lowest BCUT2D eigenvalue weighted by Crippen LogP contribution is -2.41. The monoisotopic (exact) mass is 409 g/mol. The molecule has 2 rings (SSSR count). The molecular weight excluding hydrogens is 386 g/mol. The number of anilines is 1. The summed E-state index contributed by atoms with van der Waals surface area (Å²) in [6, 6.07) is 4.16. The van der Waals surface area contributed by atoms with Crippen molar-refractivity contribution in [1.29, 1.82) is 0 Å². The summed E-state index contributed by atoms with van der Waals surface area (Å²) in [6.07, 6.45) is 2.58. The molecule has 0 spiro atoms. The van der Waals surface area contributed by atoms with Crippen molar-refractivity contribution in [1.82, 2.24) is 9.62 Å². The van der Waals surface area contributed by atoms with Gasteiger partial charge in [-0.25, -0.2) is 8.42 Å². The van der Waals surface area contributed by atoms with Gasteiger partial charge in [0.05, 0.1) is 22.4 Å². The standard InChI is InChI=1S/C18H23N3O6S/c1-4-21(5-2)28(25,26)14-6-7-16(22)15(10-14)20-17(23)12(3)19-18(24)13-8-9-27-11-13/h6-12,22H,4-5H2,1-3H3,(H,19,24)(H,20,23). The lowest BCUT2D eigenvalue weighted by molar-refractivity contribution is -0.117. The fourth-order valence-electron chi connectivity index (χ4n) is 2.47. The molecule has 9 nitrogen and oxygen atoms in total. The third-order valence-corrected chi connectivity index (χ3v) is 6.14.